The van der Waals surface area contributed by atoms with Crippen LogP contribution in [0.25, 0.3) is 0 Å². The lowest BCUT2D eigenvalue weighted by molar-refractivity contribution is -0.708. The molecule has 0 aliphatic rings. The number of halogens is 1. The molecular weight excluding hydrogens is 370 g/mol. The van der Waals surface area contributed by atoms with E-state index in [0.29, 0.717) is 24.1 Å². The molecule has 0 saturated carbocycles. The first-order chi connectivity index (χ1) is 11.7. The van der Waals surface area contributed by atoms with Crippen LogP contribution in [0.15, 0.2) is 46.9 Å². The molecule has 0 unspecified atom stereocenters. The van der Waals surface area contributed by atoms with Gasteiger partial charge in [0, 0.05) is 15.6 Å². The largest absolute Gasteiger partial charge is 0.490 e. The molecule has 1 atom stereocenters. The summed E-state index contributed by atoms with van der Waals surface area (Å²) in [6.45, 7) is 5.78. The van der Waals surface area contributed by atoms with Crippen LogP contribution >= 0.6 is 15.9 Å². The summed E-state index contributed by atoms with van der Waals surface area (Å²) >= 11 is 3.61. The lowest BCUT2D eigenvalue weighted by atomic mass is 10.1. The highest BCUT2D eigenvalue weighted by Gasteiger charge is 2.14. The van der Waals surface area contributed by atoms with Crippen molar-refractivity contribution in [3.8, 4) is 11.5 Å². The second kappa shape index (κ2) is 9.67. The Morgan fingerprint density at radius 3 is 2.50 bits per heavy atom. The molecule has 0 aromatic heterocycles. The van der Waals surface area contributed by atoms with E-state index in [1.165, 1.54) is 5.56 Å². The van der Waals surface area contributed by atoms with Gasteiger partial charge in [-0.3, -0.25) is 0 Å². The molecular formula is C19H25BrNO3+. The van der Waals surface area contributed by atoms with E-state index in [1.54, 1.807) is 0 Å². The highest BCUT2D eigenvalue weighted by molar-refractivity contribution is 9.10. The summed E-state index contributed by atoms with van der Waals surface area (Å²) in [5, 5.41) is 11.2. The van der Waals surface area contributed by atoms with E-state index in [9.17, 15) is 0 Å². The van der Waals surface area contributed by atoms with Crippen molar-refractivity contribution in [2.75, 3.05) is 19.8 Å². The van der Waals surface area contributed by atoms with Crippen LogP contribution in [0.5, 0.6) is 11.5 Å². The monoisotopic (exact) mass is 394 g/mol. The number of aliphatic hydroxyl groups excluding tert-OH is 1. The van der Waals surface area contributed by atoms with E-state index >= 15 is 0 Å². The molecule has 0 heterocycles. The maximum Gasteiger partial charge on any atom is 0.162 e. The van der Waals surface area contributed by atoms with E-state index < -0.39 is 0 Å². The van der Waals surface area contributed by atoms with Crippen molar-refractivity contribution in [2.45, 2.75) is 26.4 Å². The second-order valence-corrected chi connectivity index (χ2v) is 6.39. The number of rotatable bonds is 9. The van der Waals surface area contributed by atoms with E-state index in [1.807, 2.05) is 25.1 Å². The molecule has 130 valence electrons. The zero-order chi connectivity index (χ0) is 17.4. The minimum atomic E-state index is -0.0205. The van der Waals surface area contributed by atoms with E-state index in [4.69, 9.17) is 14.6 Å². The topological polar surface area (TPSA) is 55.3 Å². The van der Waals surface area contributed by atoms with Crippen molar-refractivity contribution in [2.24, 2.45) is 0 Å². The number of ether oxygens (including phenoxy) is 2. The van der Waals surface area contributed by atoms with Crippen molar-refractivity contribution >= 4 is 15.9 Å². The Labute approximate surface area is 151 Å². The third-order valence-electron chi connectivity index (χ3n) is 3.78. The van der Waals surface area contributed by atoms with Gasteiger partial charge in [0.1, 0.15) is 19.2 Å². The molecule has 4 nitrogen and oxygen atoms in total. The number of quaternary nitrogens is 1. The van der Waals surface area contributed by atoms with E-state index in [0.717, 1.165) is 16.6 Å². The first-order valence-electron chi connectivity index (χ1n) is 8.22. The molecule has 24 heavy (non-hydrogen) atoms. The fourth-order valence-corrected chi connectivity index (χ4v) is 2.95. The molecule has 2 rings (SSSR count). The number of nitrogens with two attached hydrogens (primary N) is 1. The minimum Gasteiger partial charge on any atom is -0.490 e. The molecule has 0 radical (unpaired) electrons. The number of benzene rings is 2. The highest BCUT2D eigenvalue weighted by atomic mass is 79.9. The molecule has 0 fully saturated rings. The van der Waals surface area contributed by atoms with Crippen molar-refractivity contribution < 1.29 is 19.9 Å². The van der Waals surface area contributed by atoms with Gasteiger partial charge in [-0.15, -0.1) is 0 Å². The van der Waals surface area contributed by atoms with E-state index in [2.05, 4.69) is 52.4 Å². The Morgan fingerprint density at radius 2 is 1.83 bits per heavy atom. The Morgan fingerprint density at radius 1 is 1.12 bits per heavy atom. The summed E-state index contributed by atoms with van der Waals surface area (Å²) < 4.78 is 12.2. The van der Waals surface area contributed by atoms with Crippen LogP contribution in [0, 0.1) is 0 Å². The van der Waals surface area contributed by atoms with Gasteiger partial charge in [-0.05, 0) is 26.0 Å². The number of aliphatic hydroxyl groups is 1. The average molecular weight is 395 g/mol. The third-order valence-corrected chi connectivity index (χ3v) is 4.52. The van der Waals surface area contributed by atoms with Gasteiger partial charge in [0.05, 0.1) is 13.2 Å². The zero-order valence-electron chi connectivity index (χ0n) is 14.2. The molecule has 0 bridgehead atoms. The van der Waals surface area contributed by atoms with Gasteiger partial charge in [-0.1, -0.05) is 46.3 Å². The van der Waals surface area contributed by atoms with Gasteiger partial charge in [0.2, 0.25) is 0 Å². The minimum absolute atomic E-state index is 0.0205. The van der Waals surface area contributed by atoms with Gasteiger partial charge in [0.25, 0.3) is 0 Å². The van der Waals surface area contributed by atoms with Crippen LogP contribution in [0.4, 0.5) is 0 Å². The predicted octanol–water partition coefficient (Wildman–Crippen LogP) is 3.04. The summed E-state index contributed by atoms with van der Waals surface area (Å²) in [6, 6.07) is 14.8. The normalized spacial score (nSPS) is 12.0. The van der Waals surface area contributed by atoms with Gasteiger partial charge < -0.3 is 19.9 Å². The van der Waals surface area contributed by atoms with Gasteiger partial charge in [-0.25, -0.2) is 0 Å². The molecule has 0 saturated heterocycles. The maximum atomic E-state index is 8.94. The Balaban J connectivity index is 2.10. The van der Waals surface area contributed by atoms with Crippen LogP contribution in [0.3, 0.4) is 0 Å². The van der Waals surface area contributed by atoms with Crippen LogP contribution in [-0.2, 0) is 6.54 Å². The Kier molecular flexibility index (Phi) is 7.56. The smallest absolute Gasteiger partial charge is 0.162 e. The van der Waals surface area contributed by atoms with E-state index in [-0.39, 0.29) is 13.2 Å². The Bertz CT molecular complexity index is 634. The first-order valence-corrected chi connectivity index (χ1v) is 9.02. The zero-order valence-corrected chi connectivity index (χ0v) is 15.8. The standard InChI is InChI=1S/C19H24BrNO3/c1-3-23-18-11-16(17(20)12-19(18)24-10-9-22)13-21-14(2)15-7-5-4-6-8-15/h4-8,11-12,14,21-22H,3,9-10,13H2,1-2H3/p+1/t14-/m0/s1. The summed E-state index contributed by atoms with van der Waals surface area (Å²) in [4.78, 5) is 0. The van der Waals surface area contributed by atoms with Crippen molar-refractivity contribution in [1.82, 2.24) is 0 Å². The highest BCUT2D eigenvalue weighted by Crippen LogP contribution is 2.33. The van der Waals surface area contributed by atoms with Crippen molar-refractivity contribution in [3.05, 3.63) is 58.1 Å². The van der Waals surface area contributed by atoms with Crippen LogP contribution < -0.4 is 14.8 Å². The maximum absolute atomic E-state index is 8.94. The van der Waals surface area contributed by atoms with Crippen LogP contribution in [-0.4, -0.2) is 24.9 Å². The molecule has 5 heteroatoms. The summed E-state index contributed by atoms with van der Waals surface area (Å²) in [5.41, 5.74) is 2.46. The predicted molar refractivity (Wildman–Crippen MR) is 98.4 cm³/mol. The first kappa shape index (κ1) is 18.8. The van der Waals surface area contributed by atoms with Crippen LogP contribution in [0.1, 0.15) is 31.0 Å². The SMILES string of the molecule is CCOc1cc(C[NH2+][C@@H](C)c2ccccc2)c(Br)cc1OCCO. The average Bonchev–Trinajstić information content (AvgIpc) is 2.61. The fourth-order valence-electron chi connectivity index (χ4n) is 2.47. The third kappa shape index (κ3) is 5.23. The van der Waals surface area contributed by atoms with Crippen molar-refractivity contribution in [1.29, 1.82) is 0 Å². The summed E-state index contributed by atoms with van der Waals surface area (Å²) in [6.07, 6.45) is 0. The Hall–Kier alpha value is -1.56. The van der Waals surface area contributed by atoms with Crippen LogP contribution in [0.2, 0.25) is 0 Å². The molecule has 0 spiro atoms. The van der Waals surface area contributed by atoms with Gasteiger partial charge in [0.15, 0.2) is 11.5 Å². The summed E-state index contributed by atoms with van der Waals surface area (Å²) in [5.74, 6) is 1.36. The molecule has 0 amide bonds. The second-order valence-electron chi connectivity index (χ2n) is 5.53. The lowest BCUT2D eigenvalue weighted by Gasteiger charge is -2.16. The molecule has 0 aliphatic heterocycles. The summed E-state index contributed by atoms with van der Waals surface area (Å²) in [7, 11) is 0. The lowest BCUT2D eigenvalue weighted by Crippen LogP contribution is -2.83. The number of hydrogen-bond acceptors (Lipinski definition) is 3. The fraction of sp³-hybridized carbons (Fsp3) is 0.368. The molecule has 0 aliphatic carbocycles. The van der Waals surface area contributed by atoms with Crippen molar-refractivity contribution in [3.63, 3.8) is 0 Å². The number of hydrogen-bond donors (Lipinski definition) is 2. The van der Waals surface area contributed by atoms with Gasteiger partial charge >= 0.3 is 0 Å². The van der Waals surface area contributed by atoms with Gasteiger partial charge in [-0.2, -0.15) is 0 Å². The molecule has 2 aromatic carbocycles. The quantitative estimate of drug-likeness (QED) is 0.686. The molecule has 3 N–H and O–H groups in total. The molecule has 2 aromatic rings.